The molecule has 0 fully saturated rings. The van der Waals surface area contributed by atoms with Gasteiger partial charge in [0.05, 0.1) is 6.54 Å². The van der Waals surface area contributed by atoms with E-state index in [4.69, 9.17) is 5.11 Å². The normalized spacial score (nSPS) is 12.1. The Morgan fingerprint density at radius 2 is 2.07 bits per heavy atom. The number of carbonyl (C=O) groups is 2. The van der Waals surface area contributed by atoms with E-state index in [1.54, 1.807) is 0 Å². The van der Waals surface area contributed by atoms with Gasteiger partial charge < -0.3 is 10.4 Å². The van der Waals surface area contributed by atoms with E-state index >= 15 is 0 Å². The van der Waals surface area contributed by atoms with E-state index < -0.39 is 12.0 Å². The van der Waals surface area contributed by atoms with Crippen LogP contribution in [0.25, 0.3) is 0 Å². The van der Waals surface area contributed by atoms with Crippen molar-refractivity contribution in [3.8, 4) is 0 Å². The van der Waals surface area contributed by atoms with Crippen LogP contribution in [0.2, 0.25) is 0 Å². The van der Waals surface area contributed by atoms with Gasteiger partial charge >= 0.3 is 5.97 Å². The minimum absolute atomic E-state index is 0.0528. The molecule has 3 N–H and O–H groups in total. The van der Waals surface area contributed by atoms with Gasteiger partial charge in [0.15, 0.2) is 0 Å². The average molecular weight is 202 g/mol. The van der Waals surface area contributed by atoms with Crippen LogP contribution >= 0.6 is 0 Å². The molecular formula is C9H18N2O3. The summed E-state index contributed by atoms with van der Waals surface area (Å²) >= 11 is 0. The molecule has 0 aliphatic rings. The first kappa shape index (κ1) is 12.9. The second-order valence-corrected chi connectivity index (χ2v) is 3.09. The van der Waals surface area contributed by atoms with E-state index in [1.807, 2.05) is 6.92 Å². The van der Waals surface area contributed by atoms with Gasteiger partial charge in [0.2, 0.25) is 5.91 Å². The molecule has 0 aromatic heterocycles. The Morgan fingerprint density at radius 1 is 1.43 bits per heavy atom. The highest BCUT2D eigenvalue weighted by Crippen LogP contribution is 2.00. The number of carboxylic acid groups (broad SMARTS) is 1. The molecule has 0 aliphatic heterocycles. The molecule has 0 spiro atoms. The van der Waals surface area contributed by atoms with E-state index in [-0.39, 0.29) is 12.5 Å². The molecule has 0 aliphatic carbocycles. The molecule has 1 amide bonds. The highest BCUT2D eigenvalue weighted by Gasteiger charge is 2.16. The van der Waals surface area contributed by atoms with Crippen molar-refractivity contribution in [2.24, 2.45) is 0 Å². The van der Waals surface area contributed by atoms with Crippen LogP contribution in [0.5, 0.6) is 0 Å². The Bertz CT molecular complexity index is 194. The van der Waals surface area contributed by atoms with E-state index in [0.29, 0.717) is 6.42 Å². The summed E-state index contributed by atoms with van der Waals surface area (Å²) in [6, 6.07) is -0.618. The van der Waals surface area contributed by atoms with Crippen LogP contribution in [0.1, 0.15) is 26.2 Å². The van der Waals surface area contributed by atoms with Crippen molar-refractivity contribution in [3.63, 3.8) is 0 Å². The van der Waals surface area contributed by atoms with Gasteiger partial charge in [0.25, 0.3) is 0 Å². The molecule has 0 saturated heterocycles. The number of rotatable bonds is 7. The molecule has 5 nitrogen and oxygen atoms in total. The predicted molar refractivity (Wildman–Crippen MR) is 53.0 cm³/mol. The fourth-order valence-corrected chi connectivity index (χ4v) is 1.03. The summed E-state index contributed by atoms with van der Waals surface area (Å²) in [6.45, 7) is 2.05. The first-order chi connectivity index (χ1) is 6.61. The zero-order valence-corrected chi connectivity index (χ0v) is 8.67. The first-order valence-corrected chi connectivity index (χ1v) is 4.78. The molecule has 5 heteroatoms. The lowest BCUT2D eigenvalue weighted by Crippen LogP contribution is -2.42. The Labute approximate surface area is 83.9 Å². The molecule has 0 saturated carbocycles. The molecule has 82 valence electrons. The third kappa shape index (κ3) is 5.53. The number of hydrogen-bond donors (Lipinski definition) is 3. The highest BCUT2D eigenvalue weighted by atomic mass is 16.4. The molecule has 1 atom stereocenters. The Morgan fingerprint density at radius 3 is 2.50 bits per heavy atom. The highest BCUT2D eigenvalue weighted by molar-refractivity contribution is 5.79. The van der Waals surface area contributed by atoms with Crippen LogP contribution in [0.4, 0.5) is 0 Å². The lowest BCUT2D eigenvalue weighted by Gasteiger charge is -2.12. The molecule has 14 heavy (non-hydrogen) atoms. The summed E-state index contributed by atoms with van der Waals surface area (Å²) in [7, 11) is 1.52. The second kappa shape index (κ2) is 7.32. The van der Waals surface area contributed by atoms with Crippen LogP contribution in [-0.4, -0.2) is 36.6 Å². The fourth-order valence-electron chi connectivity index (χ4n) is 1.03. The minimum Gasteiger partial charge on any atom is -0.480 e. The number of amides is 1. The number of aliphatic carboxylic acids is 1. The Balaban J connectivity index is 3.84. The van der Waals surface area contributed by atoms with E-state index in [2.05, 4.69) is 10.6 Å². The van der Waals surface area contributed by atoms with Crippen LogP contribution in [0, 0.1) is 0 Å². The molecular weight excluding hydrogens is 184 g/mol. The number of likely N-dealkylation sites (N-methyl/N-ethyl adjacent to an activating group) is 1. The third-order valence-electron chi connectivity index (χ3n) is 1.93. The molecule has 0 aromatic carbocycles. The van der Waals surface area contributed by atoms with E-state index in [0.717, 1.165) is 12.8 Å². The lowest BCUT2D eigenvalue weighted by atomic mass is 10.1. The summed E-state index contributed by atoms with van der Waals surface area (Å²) < 4.78 is 0. The van der Waals surface area contributed by atoms with Gasteiger partial charge in [-0.2, -0.15) is 0 Å². The molecule has 0 bridgehead atoms. The predicted octanol–water partition coefficient (Wildman–Crippen LogP) is -0.0346. The summed E-state index contributed by atoms with van der Waals surface area (Å²) in [6.07, 6.45) is 2.35. The maximum Gasteiger partial charge on any atom is 0.320 e. The monoisotopic (exact) mass is 202 g/mol. The maximum absolute atomic E-state index is 10.8. The standard InChI is InChI=1S/C9H18N2O3/c1-3-4-5-7(9(13)14)11-6-8(12)10-2/h7,11H,3-6H2,1-2H3,(H,10,12)(H,13,14). The minimum atomic E-state index is -0.901. The topological polar surface area (TPSA) is 78.4 Å². The summed E-state index contributed by atoms with van der Waals surface area (Å²) in [5.41, 5.74) is 0. The van der Waals surface area contributed by atoms with Gasteiger partial charge in [0, 0.05) is 7.05 Å². The fraction of sp³-hybridized carbons (Fsp3) is 0.778. The van der Waals surface area contributed by atoms with Crippen molar-refractivity contribution >= 4 is 11.9 Å². The maximum atomic E-state index is 10.8. The second-order valence-electron chi connectivity index (χ2n) is 3.09. The van der Waals surface area contributed by atoms with Gasteiger partial charge in [-0.25, -0.2) is 0 Å². The van der Waals surface area contributed by atoms with Gasteiger partial charge in [-0.3, -0.25) is 14.9 Å². The Hall–Kier alpha value is -1.10. The molecule has 0 rings (SSSR count). The molecule has 0 aromatic rings. The van der Waals surface area contributed by atoms with Gasteiger partial charge in [-0.1, -0.05) is 19.8 Å². The van der Waals surface area contributed by atoms with Crippen LogP contribution in [0.15, 0.2) is 0 Å². The SMILES string of the molecule is CCCCC(NCC(=O)NC)C(=O)O. The lowest BCUT2D eigenvalue weighted by molar-refractivity contribution is -0.139. The van der Waals surface area contributed by atoms with E-state index in [1.165, 1.54) is 7.05 Å². The van der Waals surface area contributed by atoms with Crippen molar-refractivity contribution in [2.45, 2.75) is 32.2 Å². The van der Waals surface area contributed by atoms with Gasteiger partial charge in [-0.05, 0) is 6.42 Å². The molecule has 1 unspecified atom stereocenters. The van der Waals surface area contributed by atoms with Crippen molar-refractivity contribution in [3.05, 3.63) is 0 Å². The zero-order chi connectivity index (χ0) is 11.0. The van der Waals surface area contributed by atoms with Crippen LogP contribution in [-0.2, 0) is 9.59 Å². The van der Waals surface area contributed by atoms with Crippen molar-refractivity contribution < 1.29 is 14.7 Å². The van der Waals surface area contributed by atoms with Crippen LogP contribution in [0.3, 0.4) is 0 Å². The summed E-state index contributed by atoms with van der Waals surface area (Å²) in [4.78, 5) is 21.6. The number of carbonyl (C=O) groups excluding carboxylic acids is 1. The van der Waals surface area contributed by atoms with Crippen molar-refractivity contribution in [1.29, 1.82) is 0 Å². The smallest absolute Gasteiger partial charge is 0.320 e. The quantitative estimate of drug-likeness (QED) is 0.541. The molecule has 0 heterocycles. The number of carboxylic acids is 1. The van der Waals surface area contributed by atoms with Crippen molar-refractivity contribution in [2.75, 3.05) is 13.6 Å². The van der Waals surface area contributed by atoms with E-state index in [9.17, 15) is 9.59 Å². The number of unbranched alkanes of at least 4 members (excludes halogenated alkanes) is 1. The third-order valence-corrected chi connectivity index (χ3v) is 1.93. The molecule has 0 radical (unpaired) electrons. The largest absolute Gasteiger partial charge is 0.480 e. The summed E-state index contributed by atoms with van der Waals surface area (Å²) in [5.74, 6) is -1.10. The van der Waals surface area contributed by atoms with Crippen LogP contribution < -0.4 is 10.6 Å². The van der Waals surface area contributed by atoms with Crippen molar-refractivity contribution in [1.82, 2.24) is 10.6 Å². The number of hydrogen-bond acceptors (Lipinski definition) is 3. The summed E-state index contributed by atoms with van der Waals surface area (Å²) in [5, 5.41) is 13.9. The zero-order valence-electron chi connectivity index (χ0n) is 8.67. The Kier molecular flexibility index (Phi) is 6.74. The van der Waals surface area contributed by atoms with Gasteiger partial charge in [0.1, 0.15) is 6.04 Å². The average Bonchev–Trinajstić information content (AvgIpc) is 2.16. The number of nitrogens with one attached hydrogen (secondary N) is 2. The first-order valence-electron chi connectivity index (χ1n) is 4.78. The van der Waals surface area contributed by atoms with Gasteiger partial charge in [-0.15, -0.1) is 0 Å².